The van der Waals surface area contributed by atoms with Gasteiger partial charge in [-0.2, -0.15) is 0 Å². The van der Waals surface area contributed by atoms with Crippen LogP contribution in [0.15, 0.2) is 0 Å². The molecule has 0 aromatic rings. The quantitative estimate of drug-likeness (QED) is 0.507. The van der Waals surface area contributed by atoms with Crippen LogP contribution in [-0.2, 0) is 4.79 Å². The first-order valence-corrected chi connectivity index (χ1v) is 3.52. The van der Waals surface area contributed by atoms with Gasteiger partial charge in [-0.25, -0.2) is 0 Å². The van der Waals surface area contributed by atoms with Gasteiger partial charge in [0.2, 0.25) is 0 Å². The molecule has 1 aliphatic carbocycles. The number of carbonyl (C=O) groups is 1. The zero-order chi connectivity index (χ0) is 6.32. The minimum atomic E-state index is 0.0723. The average Bonchev–Trinajstić information content (AvgIpc) is 1.88. The van der Waals surface area contributed by atoms with Crippen LogP contribution >= 0.6 is 0 Å². The van der Waals surface area contributed by atoms with Crippen LogP contribution in [0.4, 0.5) is 0 Å². The SMILES string of the molecule is O=CC12CNCC(C1)C2. The van der Waals surface area contributed by atoms with Gasteiger partial charge in [-0.05, 0) is 25.3 Å². The van der Waals surface area contributed by atoms with Crippen molar-refractivity contribution in [2.24, 2.45) is 11.3 Å². The monoisotopic (exact) mass is 125 g/mol. The molecule has 0 spiro atoms. The Kier molecular flexibility index (Phi) is 0.943. The number of fused-ring (bicyclic) bond motifs is 2. The number of rotatable bonds is 1. The molecular weight excluding hydrogens is 114 g/mol. The summed E-state index contributed by atoms with van der Waals surface area (Å²) in [6.45, 7) is 2.06. The topological polar surface area (TPSA) is 29.1 Å². The van der Waals surface area contributed by atoms with Gasteiger partial charge in [-0.1, -0.05) is 0 Å². The lowest BCUT2D eigenvalue weighted by Gasteiger charge is -2.49. The lowest BCUT2D eigenvalue weighted by Crippen LogP contribution is -2.55. The summed E-state index contributed by atoms with van der Waals surface area (Å²) in [6.07, 6.45) is 3.42. The van der Waals surface area contributed by atoms with Crippen molar-refractivity contribution in [3.63, 3.8) is 0 Å². The van der Waals surface area contributed by atoms with E-state index in [1.807, 2.05) is 0 Å². The Hall–Kier alpha value is -0.370. The van der Waals surface area contributed by atoms with Crippen LogP contribution in [0.3, 0.4) is 0 Å². The van der Waals surface area contributed by atoms with Gasteiger partial charge in [0, 0.05) is 12.0 Å². The first kappa shape index (κ1) is 5.42. The van der Waals surface area contributed by atoms with E-state index < -0.39 is 0 Å². The maximum absolute atomic E-state index is 10.5. The molecular formula is C7H11NO. The van der Waals surface area contributed by atoms with E-state index in [0.29, 0.717) is 0 Å². The Bertz CT molecular complexity index is 132. The van der Waals surface area contributed by atoms with Gasteiger partial charge in [0.1, 0.15) is 6.29 Å². The van der Waals surface area contributed by atoms with Crippen LogP contribution in [0.1, 0.15) is 12.8 Å². The average molecular weight is 125 g/mol. The Labute approximate surface area is 54.6 Å². The van der Waals surface area contributed by atoms with Gasteiger partial charge in [-0.3, -0.25) is 0 Å². The number of aldehydes is 1. The van der Waals surface area contributed by atoms with Gasteiger partial charge in [-0.15, -0.1) is 0 Å². The lowest BCUT2D eigenvalue weighted by molar-refractivity contribution is -0.125. The van der Waals surface area contributed by atoms with E-state index in [-0.39, 0.29) is 5.41 Å². The van der Waals surface area contributed by atoms with E-state index in [2.05, 4.69) is 5.32 Å². The van der Waals surface area contributed by atoms with Crippen LogP contribution in [-0.4, -0.2) is 19.4 Å². The molecule has 2 nitrogen and oxygen atoms in total. The second kappa shape index (κ2) is 1.57. The van der Waals surface area contributed by atoms with E-state index >= 15 is 0 Å². The van der Waals surface area contributed by atoms with Gasteiger partial charge < -0.3 is 10.1 Å². The molecule has 2 heterocycles. The van der Waals surface area contributed by atoms with Gasteiger partial charge in [0.15, 0.2) is 0 Å². The molecule has 0 radical (unpaired) electrons. The highest BCUT2D eigenvalue weighted by Crippen LogP contribution is 2.45. The van der Waals surface area contributed by atoms with Crippen molar-refractivity contribution in [3.8, 4) is 0 Å². The van der Waals surface area contributed by atoms with Crippen molar-refractivity contribution in [1.29, 1.82) is 0 Å². The highest BCUT2D eigenvalue weighted by atomic mass is 16.1. The summed E-state index contributed by atoms with van der Waals surface area (Å²) in [5, 5.41) is 3.24. The Balaban J connectivity index is 2.09. The Morgan fingerprint density at radius 2 is 2.33 bits per heavy atom. The molecule has 1 saturated carbocycles. The third-order valence-corrected chi connectivity index (χ3v) is 2.55. The fourth-order valence-corrected chi connectivity index (χ4v) is 2.04. The molecule has 0 aromatic heterocycles. The fraction of sp³-hybridized carbons (Fsp3) is 0.857. The number of nitrogens with one attached hydrogen (secondary N) is 1. The largest absolute Gasteiger partial charge is 0.315 e. The Morgan fingerprint density at radius 1 is 1.56 bits per heavy atom. The minimum absolute atomic E-state index is 0.0723. The van der Waals surface area contributed by atoms with E-state index in [1.165, 1.54) is 0 Å². The smallest absolute Gasteiger partial charge is 0.127 e. The van der Waals surface area contributed by atoms with E-state index in [1.54, 1.807) is 0 Å². The van der Waals surface area contributed by atoms with Crippen molar-refractivity contribution in [2.75, 3.05) is 13.1 Å². The van der Waals surface area contributed by atoms with E-state index in [9.17, 15) is 4.79 Å². The summed E-state index contributed by atoms with van der Waals surface area (Å²) in [6, 6.07) is 0. The van der Waals surface area contributed by atoms with Crippen molar-refractivity contribution in [3.05, 3.63) is 0 Å². The molecule has 1 N–H and O–H groups in total. The summed E-state index contributed by atoms with van der Waals surface area (Å²) in [7, 11) is 0. The van der Waals surface area contributed by atoms with Crippen LogP contribution in [0.25, 0.3) is 0 Å². The zero-order valence-corrected chi connectivity index (χ0v) is 5.39. The van der Waals surface area contributed by atoms with E-state index in [0.717, 1.165) is 38.1 Å². The second-order valence-corrected chi connectivity index (χ2v) is 3.39. The highest BCUT2D eigenvalue weighted by Gasteiger charge is 2.46. The molecule has 0 amide bonds. The molecule has 2 aliphatic heterocycles. The maximum atomic E-state index is 10.5. The number of piperidine rings is 2. The van der Waals surface area contributed by atoms with Crippen LogP contribution in [0.5, 0.6) is 0 Å². The molecule has 2 bridgehead atoms. The van der Waals surface area contributed by atoms with E-state index in [4.69, 9.17) is 0 Å². The fourth-order valence-electron chi connectivity index (χ4n) is 2.04. The standard InChI is InChI=1S/C7H11NO/c9-5-7-1-6(2-7)3-8-4-7/h5-6,8H,1-4H2. The third kappa shape index (κ3) is 0.628. The van der Waals surface area contributed by atoms with Crippen molar-refractivity contribution in [1.82, 2.24) is 5.32 Å². The van der Waals surface area contributed by atoms with Crippen molar-refractivity contribution >= 4 is 6.29 Å². The first-order valence-electron chi connectivity index (χ1n) is 3.52. The summed E-state index contributed by atoms with van der Waals surface area (Å²) in [5.74, 6) is 0.809. The second-order valence-electron chi connectivity index (χ2n) is 3.39. The predicted octanol–water partition coefficient (Wildman–Crippen LogP) is 0.185. The van der Waals surface area contributed by atoms with Crippen molar-refractivity contribution in [2.45, 2.75) is 12.8 Å². The number of hydrogen-bond donors (Lipinski definition) is 1. The zero-order valence-electron chi connectivity index (χ0n) is 5.39. The summed E-state index contributed by atoms with van der Waals surface area (Å²) in [5.41, 5.74) is 0.0723. The summed E-state index contributed by atoms with van der Waals surface area (Å²) < 4.78 is 0. The lowest BCUT2D eigenvalue weighted by atomic mass is 9.60. The molecule has 3 rings (SSSR count). The molecule has 9 heavy (non-hydrogen) atoms. The molecule has 0 aromatic carbocycles. The number of hydrogen-bond acceptors (Lipinski definition) is 2. The summed E-state index contributed by atoms with van der Waals surface area (Å²) >= 11 is 0. The Morgan fingerprint density at radius 3 is 2.67 bits per heavy atom. The minimum Gasteiger partial charge on any atom is -0.315 e. The normalized spacial score (nSPS) is 47.8. The van der Waals surface area contributed by atoms with Crippen molar-refractivity contribution < 1.29 is 4.79 Å². The molecule has 0 atom stereocenters. The molecule has 3 fully saturated rings. The maximum Gasteiger partial charge on any atom is 0.127 e. The van der Waals surface area contributed by atoms with Crippen LogP contribution in [0, 0.1) is 11.3 Å². The van der Waals surface area contributed by atoms with Gasteiger partial charge in [0.25, 0.3) is 0 Å². The van der Waals surface area contributed by atoms with Crippen LogP contribution < -0.4 is 5.32 Å². The molecule has 2 saturated heterocycles. The van der Waals surface area contributed by atoms with Gasteiger partial charge >= 0.3 is 0 Å². The molecule has 2 heteroatoms. The molecule has 3 aliphatic rings. The molecule has 0 unspecified atom stereocenters. The summed E-state index contributed by atoms with van der Waals surface area (Å²) in [4.78, 5) is 10.5. The highest BCUT2D eigenvalue weighted by molar-refractivity contribution is 5.62. The first-order chi connectivity index (χ1) is 4.35. The third-order valence-electron chi connectivity index (χ3n) is 2.55. The predicted molar refractivity (Wildman–Crippen MR) is 34.1 cm³/mol. The molecule has 50 valence electrons. The van der Waals surface area contributed by atoms with Gasteiger partial charge in [0.05, 0.1) is 0 Å². The van der Waals surface area contributed by atoms with Crippen LogP contribution in [0.2, 0.25) is 0 Å². The number of carbonyl (C=O) groups excluding carboxylic acids is 1.